The molecule has 0 saturated heterocycles. The number of halogens is 1. The summed E-state index contributed by atoms with van der Waals surface area (Å²) in [4.78, 5) is 2.89. The van der Waals surface area contributed by atoms with Crippen molar-refractivity contribution in [1.29, 1.82) is 0 Å². The second kappa shape index (κ2) is 5.90. The minimum atomic E-state index is 0. The molecule has 3 aromatic rings. The van der Waals surface area contributed by atoms with Gasteiger partial charge in [-0.1, -0.05) is 18.2 Å². The molecule has 0 spiro atoms. The largest absolute Gasteiger partial charge is 0.233 e. The molecule has 2 nitrogen and oxygen atoms in total. The fourth-order valence-corrected chi connectivity index (χ4v) is 4.50. The van der Waals surface area contributed by atoms with Crippen molar-refractivity contribution in [2.24, 2.45) is 0 Å². The van der Waals surface area contributed by atoms with E-state index in [1.54, 1.807) is 0 Å². The fourth-order valence-electron chi connectivity index (χ4n) is 3.39. The number of benzene rings is 1. The van der Waals surface area contributed by atoms with E-state index in [0.29, 0.717) is 0 Å². The minimum Gasteiger partial charge on any atom is -0.233 e. The number of hydrogen-bond donors (Lipinski definition) is 0. The van der Waals surface area contributed by atoms with Crippen LogP contribution in [0.25, 0.3) is 16.9 Å². The normalized spacial score (nSPS) is 13.0. The molecule has 4 rings (SSSR count). The lowest BCUT2D eigenvalue weighted by atomic mass is 10.0. The van der Waals surface area contributed by atoms with E-state index in [9.17, 15) is 0 Å². The Balaban J connectivity index is 0.00000144. The van der Waals surface area contributed by atoms with Gasteiger partial charge >= 0.3 is 0 Å². The van der Waals surface area contributed by atoms with Crippen LogP contribution in [-0.4, -0.2) is 9.78 Å². The molecule has 0 radical (unpaired) electrons. The van der Waals surface area contributed by atoms with Crippen LogP contribution >= 0.6 is 23.7 Å². The predicted molar refractivity (Wildman–Crippen MR) is 95.6 cm³/mol. The van der Waals surface area contributed by atoms with E-state index in [-0.39, 0.29) is 12.4 Å². The van der Waals surface area contributed by atoms with Crippen LogP contribution in [-0.2, 0) is 12.8 Å². The number of fused-ring (bicyclic) bond motifs is 3. The summed E-state index contributed by atoms with van der Waals surface area (Å²) in [6, 6.07) is 10.5. The average molecular weight is 331 g/mol. The molecule has 0 unspecified atom stereocenters. The Labute approximate surface area is 141 Å². The first kappa shape index (κ1) is 15.3. The van der Waals surface area contributed by atoms with E-state index in [4.69, 9.17) is 0 Å². The monoisotopic (exact) mass is 330 g/mol. The highest BCUT2D eigenvalue weighted by Gasteiger charge is 2.24. The fraction of sp³-hybridized carbons (Fsp3) is 0.278. The van der Waals surface area contributed by atoms with Gasteiger partial charge in [0.25, 0.3) is 0 Å². The van der Waals surface area contributed by atoms with Crippen LogP contribution < -0.4 is 0 Å². The lowest BCUT2D eigenvalue weighted by Gasteiger charge is -2.10. The minimum absolute atomic E-state index is 0. The lowest BCUT2D eigenvalue weighted by molar-refractivity contribution is 0.832. The van der Waals surface area contributed by atoms with Crippen molar-refractivity contribution in [1.82, 2.24) is 9.78 Å². The van der Waals surface area contributed by atoms with Gasteiger partial charge in [-0.25, -0.2) is 4.68 Å². The summed E-state index contributed by atoms with van der Waals surface area (Å²) in [5.74, 6) is 0. The first-order valence-corrected chi connectivity index (χ1v) is 8.29. The van der Waals surface area contributed by atoms with Gasteiger partial charge < -0.3 is 0 Å². The molecular weight excluding hydrogens is 312 g/mol. The summed E-state index contributed by atoms with van der Waals surface area (Å²) in [5.41, 5.74) is 6.82. The number of thiophene rings is 1. The molecule has 0 bridgehead atoms. The topological polar surface area (TPSA) is 17.8 Å². The zero-order valence-electron chi connectivity index (χ0n) is 12.8. The summed E-state index contributed by atoms with van der Waals surface area (Å²) in [6.07, 6.45) is 5.59. The van der Waals surface area contributed by atoms with Crippen LogP contribution in [0.5, 0.6) is 0 Å². The first-order chi connectivity index (χ1) is 10.3. The maximum absolute atomic E-state index is 4.68. The first-order valence-electron chi connectivity index (χ1n) is 7.47. The predicted octanol–water partition coefficient (Wildman–Crippen LogP) is 5.13. The SMILES string of the molecule is Cc1sc(C)c2c1CCCc1cnn(-c3ccccc3)c1-2.Cl. The highest BCUT2D eigenvalue weighted by atomic mass is 35.5. The van der Waals surface area contributed by atoms with Crippen LogP contribution in [0, 0.1) is 13.8 Å². The number of rotatable bonds is 1. The summed E-state index contributed by atoms with van der Waals surface area (Å²) >= 11 is 1.92. The van der Waals surface area contributed by atoms with Crippen LogP contribution in [0.2, 0.25) is 0 Å². The number of aromatic nitrogens is 2. The van der Waals surface area contributed by atoms with E-state index in [1.807, 2.05) is 11.3 Å². The van der Waals surface area contributed by atoms with Crippen molar-refractivity contribution < 1.29 is 0 Å². The Kier molecular flexibility index (Phi) is 4.11. The van der Waals surface area contributed by atoms with E-state index in [1.165, 1.54) is 45.0 Å². The van der Waals surface area contributed by atoms with Gasteiger partial charge in [-0.2, -0.15) is 5.10 Å². The third kappa shape index (κ3) is 2.29. The number of nitrogens with zero attached hydrogens (tertiary/aromatic N) is 2. The van der Waals surface area contributed by atoms with Crippen molar-refractivity contribution in [3.05, 3.63) is 57.4 Å². The molecule has 2 heterocycles. The average Bonchev–Trinajstić information content (AvgIpc) is 2.95. The molecule has 0 aliphatic heterocycles. The van der Waals surface area contributed by atoms with E-state index in [2.05, 4.69) is 60.2 Å². The Bertz CT molecular complexity index is 802. The Morgan fingerprint density at radius 2 is 1.82 bits per heavy atom. The van der Waals surface area contributed by atoms with Crippen molar-refractivity contribution >= 4 is 23.7 Å². The Hall–Kier alpha value is -1.58. The quantitative estimate of drug-likeness (QED) is 0.605. The third-order valence-electron chi connectivity index (χ3n) is 4.34. The summed E-state index contributed by atoms with van der Waals surface area (Å²) < 4.78 is 2.12. The number of para-hydroxylation sites is 1. The number of hydrogen-bond acceptors (Lipinski definition) is 2. The zero-order valence-corrected chi connectivity index (χ0v) is 14.4. The second-order valence-electron chi connectivity index (χ2n) is 5.69. The molecule has 0 amide bonds. The molecule has 0 saturated carbocycles. The molecule has 1 aliphatic carbocycles. The van der Waals surface area contributed by atoms with E-state index >= 15 is 0 Å². The summed E-state index contributed by atoms with van der Waals surface area (Å²) in [5, 5.41) is 4.68. The maximum Gasteiger partial charge on any atom is 0.0786 e. The van der Waals surface area contributed by atoms with Crippen LogP contribution in [0.3, 0.4) is 0 Å². The standard InChI is InChI=1S/C18H18N2S.ClH/c1-12-16-10-6-7-14-11-19-20(15-8-4-3-5-9-15)18(14)17(16)13(2)21-12;/h3-5,8-9,11H,6-7,10H2,1-2H3;1H. The molecule has 2 aromatic heterocycles. The second-order valence-corrected chi connectivity index (χ2v) is 7.12. The van der Waals surface area contributed by atoms with Crippen molar-refractivity contribution in [3.8, 4) is 16.9 Å². The van der Waals surface area contributed by atoms with Crippen molar-refractivity contribution in [2.75, 3.05) is 0 Å². The van der Waals surface area contributed by atoms with Gasteiger partial charge in [0.05, 0.1) is 17.6 Å². The maximum atomic E-state index is 4.68. The third-order valence-corrected chi connectivity index (χ3v) is 5.40. The lowest BCUT2D eigenvalue weighted by Crippen LogP contribution is -2.00. The molecule has 0 fully saturated rings. The summed E-state index contributed by atoms with van der Waals surface area (Å²) in [6.45, 7) is 4.50. The van der Waals surface area contributed by atoms with Crippen LogP contribution in [0.4, 0.5) is 0 Å². The van der Waals surface area contributed by atoms with E-state index in [0.717, 1.165) is 12.1 Å². The molecule has 4 heteroatoms. The van der Waals surface area contributed by atoms with E-state index < -0.39 is 0 Å². The van der Waals surface area contributed by atoms with Gasteiger partial charge in [0, 0.05) is 15.3 Å². The smallest absolute Gasteiger partial charge is 0.0786 e. The highest BCUT2D eigenvalue weighted by molar-refractivity contribution is 7.12. The molecule has 114 valence electrons. The molecule has 1 aromatic carbocycles. The van der Waals surface area contributed by atoms with Gasteiger partial charge in [0.1, 0.15) is 0 Å². The van der Waals surface area contributed by atoms with Gasteiger partial charge in [-0.15, -0.1) is 23.7 Å². The molecular formula is C18H19ClN2S. The van der Waals surface area contributed by atoms with Crippen molar-refractivity contribution in [2.45, 2.75) is 33.1 Å². The molecule has 0 N–H and O–H groups in total. The van der Waals surface area contributed by atoms with Gasteiger partial charge in [-0.05, 0) is 56.4 Å². The zero-order chi connectivity index (χ0) is 14.4. The van der Waals surface area contributed by atoms with Gasteiger partial charge in [-0.3, -0.25) is 0 Å². The highest BCUT2D eigenvalue weighted by Crippen LogP contribution is 2.41. The van der Waals surface area contributed by atoms with Gasteiger partial charge in [0.15, 0.2) is 0 Å². The molecule has 22 heavy (non-hydrogen) atoms. The van der Waals surface area contributed by atoms with Gasteiger partial charge in [0.2, 0.25) is 0 Å². The Morgan fingerprint density at radius 3 is 2.59 bits per heavy atom. The molecule has 0 atom stereocenters. The van der Waals surface area contributed by atoms with Crippen LogP contribution in [0.1, 0.15) is 27.3 Å². The summed E-state index contributed by atoms with van der Waals surface area (Å²) in [7, 11) is 0. The van der Waals surface area contributed by atoms with Crippen LogP contribution in [0.15, 0.2) is 36.5 Å². The molecule has 1 aliphatic rings. The van der Waals surface area contributed by atoms with Crippen molar-refractivity contribution in [3.63, 3.8) is 0 Å². The Morgan fingerprint density at radius 1 is 1.05 bits per heavy atom. The number of aryl methyl sites for hydroxylation is 3.